The maximum atomic E-state index is 12.4. The molecule has 1 aliphatic rings. The van der Waals surface area contributed by atoms with E-state index in [0.717, 1.165) is 31.8 Å². The minimum absolute atomic E-state index is 0.282. The van der Waals surface area contributed by atoms with Crippen LogP contribution in [0, 0.1) is 0 Å². The van der Waals surface area contributed by atoms with Crippen molar-refractivity contribution in [2.24, 2.45) is 0 Å². The van der Waals surface area contributed by atoms with Gasteiger partial charge in [0.25, 0.3) is 0 Å². The molecule has 1 aliphatic heterocycles. The van der Waals surface area contributed by atoms with Crippen LogP contribution in [0.25, 0.3) is 0 Å². The summed E-state index contributed by atoms with van der Waals surface area (Å²) in [5.74, 6) is 0.487. The zero-order valence-corrected chi connectivity index (χ0v) is 10.4. The molecule has 0 bridgehead atoms. The predicted octanol–water partition coefficient (Wildman–Crippen LogP) is 3.18. The van der Waals surface area contributed by atoms with E-state index < -0.39 is 11.7 Å². The molecule has 0 unspecified atom stereocenters. The molecular weight excluding hydrogens is 243 g/mol. The van der Waals surface area contributed by atoms with Gasteiger partial charge in [0, 0.05) is 13.1 Å². The van der Waals surface area contributed by atoms with Gasteiger partial charge >= 0.3 is 6.18 Å². The summed E-state index contributed by atoms with van der Waals surface area (Å²) in [5, 5.41) is 0. The molecule has 1 saturated heterocycles. The van der Waals surface area contributed by atoms with Crippen LogP contribution in [0.5, 0.6) is 5.75 Å². The number of halogens is 3. The monoisotopic (exact) mass is 259 g/mol. The quantitative estimate of drug-likeness (QED) is 0.826. The van der Waals surface area contributed by atoms with Crippen LogP contribution in [0.4, 0.5) is 13.2 Å². The highest BCUT2D eigenvalue weighted by Gasteiger charge is 2.40. The van der Waals surface area contributed by atoms with Crippen LogP contribution >= 0.6 is 0 Å². The molecule has 2 rings (SSSR count). The highest BCUT2D eigenvalue weighted by atomic mass is 19.4. The van der Waals surface area contributed by atoms with Crippen molar-refractivity contribution in [3.05, 3.63) is 29.8 Å². The largest absolute Gasteiger partial charge is 0.485 e. The van der Waals surface area contributed by atoms with Gasteiger partial charge in [-0.3, -0.25) is 4.90 Å². The van der Waals surface area contributed by atoms with Gasteiger partial charge in [-0.25, -0.2) is 0 Å². The summed E-state index contributed by atoms with van der Waals surface area (Å²) in [5.41, 5.74) is -0.931. The Labute approximate surface area is 104 Å². The van der Waals surface area contributed by atoms with E-state index in [2.05, 4.69) is 11.8 Å². The number of rotatable bonds is 3. The van der Waals surface area contributed by atoms with Crippen LogP contribution in [0.2, 0.25) is 0 Å². The summed E-state index contributed by atoms with van der Waals surface area (Å²) in [6.07, 6.45) is -4.29. The Bertz CT molecular complexity index is 407. The molecule has 0 spiro atoms. The van der Waals surface area contributed by atoms with Crippen molar-refractivity contribution in [1.82, 2.24) is 4.90 Å². The molecule has 100 valence electrons. The van der Waals surface area contributed by atoms with Gasteiger partial charge in [0.05, 0.1) is 5.56 Å². The van der Waals surface area contributed by atoms with E-state index >= 15 is 0 Å². The Hall–Kier alpha value is -1.23. The lowest BCUT2D eigenvalue weighted by Gasteiger charge is -2.47. The molecule has 0 N–H and O–H groups in total. The maximum Gasteiger partial charge on any atom is 0.416 e. The number of alkyl halides is 3. The van der Waals surface area contributed by atoms with Crippen LogP contribution in [0.15, 0.2) is 24.3 Å². The number of benzene rings is 1. The fourth-order valence-corrected chi connectivity index (χ4v) is 2.18. The Morgan fingerprint density at radius 3 is 2.22 bits per heavy atom. The first-order valence-electron chi connectivity index (χ1n) is 5.91. The molecule has 2 nitrogen and oxygen atoms in total. The fraction of sp³-hybridized carbons (Fsp3) is 0.538. The van der Waals surface area contributed by atoms with Gasteiger partial charge in [0.15, 0.2) is 0 Å². The number of hydrogen-bond acceptors (Lipinski definition) is 2. The molecule has 0 radical (unpaired) electrons. The number of likely N-dealkylation sites (N-methyl/N-ethyl adjacent to an activating group) is 1. The minimum atomic E-state index is -4.29. The molecular formula is C13H16F3NO. The second-order valence-corrected chi connectivity index (χ2v) is 4.88. The van der Waals surface area contributed by atoms with Crippen molar-refractivity contribution in [2.45, 2.75) is 25.6 Å². The summed E-state index contributed by atoms with van der Waals surface area (Å²) < 4.78 is 42.9. The standard InChI is InChI=1S/C13H16F3NO/c1-3-17-8-12(2,9-17)18-11-6-4-10(5-7-11)13(14,15)16/h4-7H,3,8-9H2,1-2H3. The third kappa shape index (κ3) is 2.77. The van der Waals surface area contributed by atoms with Crippen molar-refractivity contribution in [3.63, 3.8) is 0 Å². The minimum Gasteiger partial charge on any atom is -0.485 e. The summed E-state index contributed by atoms with van der Waals surface area (Å²) in [7, 11) is 0. The van der Waals surface area contributed by atoms with Gasteiger partial charge in [-0.1, -0.05) is 6.92 Å². The molecule has 18 heavy (non-hydrogen) atoms. The summed E-state index contributed by atoms with van der Waals surface area (Å²) >= 11 is 0. The number of hydrogen-bond donors (Lipinski definition) is 0. The van der Waals surface area contributed by atoms with E-state index in [1.807, 2.05) is 6.92 Å². The first-order chi connectivity index (χ1) is 8.32. The Kier molecular flexibility index (Phi) is 3.27. The molecule has 1 aromatic carbocycles. The van der Waals surface area contributed by atoms with E-state index in [4.69, 9.17) is 4.74 Å². The van der Waals surface area contributed by atoms with Crippen LogP contribution in [-0.4, -0.2) is 30.1 Å². The molecule has 5 heteroatoms. The van der Waals surface area contributed by atoms with Crippen LogP contribution in [0.1, 0.15) is 19.4 Å². The topological polar surface area (TPSA) is 12.5 Å². The molecule has 1 heterocycles. The third-order valence-electron chi connectivity index (χ3n) is 3.11. The maximum absolute atomic E-state index is 12.4. The SMILES string of the molecule is CCN1CC(C)(Oc2ccc(C(F)(F)F)cc2)C1. The van der Waals surface area contributed by atoms with E-state index in [9.17, 15) is 13.2 Å². The van der Waals surface area contributed by atoms with Crippen LogP contribution in [0.3, 0.4) is 0 Å². The summed E-state index contributed by atoms with van der Waals surface area (Å²) in [4.78, 5) is 2.21. The van der Waals surface area contributed by atoms with Crippen molar-refractivity contribution >= 4 is 0 Å². The smallest absolute Gasteiger partial charge is 0.416 e. The van der Waals surface area contributed by atoms with Gasteiger partial charge in [-0.05, 0) is 37.7 Å². The van der Waals surface area contributed by atoms with Gasteiger partial charge in [0.1, 0.15) is 11.4 Å². The molecule has 0 aromatic heterocycles. The Morgan fingerprint density at radius 1 is 1.22 bits per heavy atom. The number of ether oxygens (including phenoxy) is 1. The molecule has 0 atom stereocenters. The van der Waals surface area contributed by atoms with E-state index in [1.54, 1.807) is 0 Å². The predicted molar refractivity (Wildman–Crippen MR) is 62.6 cm³/mol. The van der Waals surface area contributed by atoms with Gasteiger partial charge in [-0.15, -0.1) is 0 Å². The summed E-state index contributed by atoms with van der Waals surface area (Å²) in [6.45, 7) is 6.62. The molecule has 1 aromatic rings. The van der Waals surface area contributed by atoms with Crippen LogP contribution in [-0.2, 0) is 6.18 Å². The molecule has 0 aliphatic carbocycles. The highest BCUT2D eigenvalue weighted by molar-refractivity contribution is 5.29. The zero-order valence-electron chi connectivity index (χ0n) is 10.4. The molecule has 0 amide bonds. The van der Waals surface area contributed by atoms with Crippen LogP contribution < -0.4 is 4.74 Å². The van der Waals surface area contributed by atoms with Gasteiger partial charge in [-0.2, -0.15) is 13.2 Å². The third-order valence-corrected chi connectivity index (χ3v) is 3.11. The second kappa shape index (κ2) is 4.46. The fourth-order valence-electron chi connectivity index (χ4n) is 2.18. The van der Waals surface area contributed by atoms with Crippen molar-refractivity contribution in [3.8, 4) is 5.75 Å². The van der Waals surface area contributed by atoms with Crippen molar-refractivity contribution in [1.29, 1.82) is 0 Å². The second-order valence-electron chi connectivity index (χ2n) is 4.88. The average Bonchev–Trinajstić information content (AvgIpc) is 2.25. The number of likely N-dealkylation sites (tertiary alicyclic amines) is 1. The first kappa shape index (κ1) is 13.2. The van der Waals surface area contributed by atoms with Gasteiger partial charge < -0.3 is 4.74 Å². The highest BCUT2D eigenvalue weighted by Crippen LogP contribution is 2.32. The van der Waals surface area contributed by atoms with E-state index in [0.29, 0.717) is 5.75 Å². The first-order valence-corrected chi connectivity index (χ1v) is 5.91. The average molecular weight is 259 g/mol. The number of nitrogens with zero attached hydrogens (tertiary/aromatic N) is 1. The molecule has 0 saturated carbocycles. The van der Waals surface area contributed by atoms with E-state index in [-0.39, 0.29) is 5.60 Å². The van der Waals surface area contributed by atoms with Crippen molar-refractivity contribution < 1.29 is 17.9 Å². The normalized spacial score (nSPS) is 19.4. The van der Waals surface area contributed by atoms with Crippen molar-refractivity contribution in [2.75, 3.05) is 19.6 Å². The van der Waals surface area contributed by atoms with E-state index in [1.165, 1.54) is 12.1 Å². The zero-order chi connectivity index (χ0) is 13.4. The Morgan fingerprint density at radius 2 is 1.78 bits per heavy atom. The summed E-state index contributed by atoms with van der Waals surface area (Å²) in [6, 6.07) is 4.86. The van der Waals surface area contributed by atoms with Gasteiger partial charge in [0.2, 0.25) is 0 Å². The Balaban J connectivity index is 1.99. The lowest BCUT2D eigenvalue weighted by Crippen LogP contribution is -2.62. The lowest BCUT2D eigenvalue weighted by molar-refractivity contribution is -0.137. The molecule has 1 fully saturated rings. The lowest BCUT2D eigenvalue weighted by atomic mass is 9.96.